The molecule has 0 radical (unpaired) electrons. The summed E-state index contributed by atoms with van der Waals surface area (Å²) in [6.07, 6.45) is 1.80. The van der Waals surface area contributed by atoms with E-state index < -0.39 is 0 Å². The number of carbonyl (C=O) groups is 1. The summed E-state index contributed by atoms with van der Waals surface area (Å²) in [6, 6.07) is 8.08. The van der Waals surface area contributed by atoms with E-state index in [0.29, 0.717) is 16.7 Å². The standard InChI is InChI=1S/C15H18N4OS/c1-10(2)12-5-3-11(4-6-12)8-17-19-14(20)7-13-9-21-15(16)18-13/h3-6,8-10H,7H2,1-2H3,(H2,16,18)(H,19,20)/b17-8-. The topological polar surface area (TPSA) is 80.4 Å². The summed E-state index contributed by atoms with van der Waals surface area (Å²) in [5, 5.41) is 6.17. The molecule has 1 heterocycles. The number of aromatic nitrogens is 1. The lowest BCUT2D eigenvalue weighted by Crippen LogP contribution is -2.19. The first kappa shape index (κ1) is 15.2. The third-order valence-corrected chi connectivity index (χ3v) is 3.64. The Kier molecular flexibility index (Phi) is 5.05. The molecule has 0 fully saturated rings. The van der Waals surface area contributed by atoms with Crippen molar-refractivity contribution >= 4 is 28.6 Å². The molecule has 0 aliphatic carbocycles. The first-order chi connectivity index (χ1) is 10.0. The molecule has 2 aromatic rings. The van der Waals surface area contributed by atoms with Crippen LogP contribution in [-0.2, 0) is 11.2 Å². The molecule has 3 N–H and O–H groups in total. The Labute approximate surface area is 127 Å². The molecule has 110 valence electrons. The van der Waals surface area contributed by atoms with Gasteiger partial charge in [0.15, 0.2) is 5.13 Å². The van der Waals surface area contributed by atoms with Crippen LogP contribution in [0.1, 0.15) is 36.6 Å². The fourth-order valence-electron chi connectivity index (χ4n) is 1.75. The fraction of sp³-hybridized carbons (Fsp3) is 0.267. The van der Waals surface area contributed by atoms with Gasteiger partial charge < -0.3 is 5.73 Å². The van der Waals surface area contributed by atoms with E-state index in [9.17, 15) is 4.79 Å². The highest BCUT2D eigenvalue weighted by molar-refractivity contribution is 7.13. The summed E-state index contributed by atoms with van der Waals surface area (Å²) < 4.78 is 0. The van der Waals surface area contributed by atoms with Crippen LogP contribution < -0.4 is 11.2 Å². The molecule has 0 spiro atoms. The smallest absolute Gasteiger partial charge is 0.246 e. The number of nitrogens with one attached hydrogen (secondary N) is 1. The zero-order valence-corrected chi connectivity index (χ0v) is 12.9. The molecule has 0 aliphatic rings. The lowest BCUT2D eigenvalue weighted by atomic mass is 10.0. The van der Waals surface area contributed by atoms with Crippen LogP contribution >= 0.6 is 11.3 Å². The lowest BCUT2D eigenvalue weighted by Gasteiger charge is -2.04. The van der Waals surface area contributed by atoms with Gasteiger partial charge in [0.2, 0.25) is 5.91 Å². The molecule has 21 heavy (non-hydrogen) atoms. The van der Waals surface area contributed by atoms with Gasteiger partial charge >= 0.3 is 0 Å². The summed E-state index contributed by atoms with van der Waals surface area (Å²) >= 11 is 1.32. The number of nitrogens with zero attached hydrogens (tertiary/aromatic N) is 2. The molecule has 0 saturated heterocycles. The van der Waals surface area contributed by atoms with E-state index in [4.69, 9.17) is 5.73 Å². The van der Waals surface area contributed by atoms with E-state index in [1.54, 1.807) is 11.6 Å². The van der Waals surface area contributed by atoms with Crippen LogP contribution in [0.15, 0.2) is 34.7 Å². The van der Waals surface area contributed by atoms with E-state index >= 15 is 0 Å². The van der Waals surface area contributed by atoms with Gasteiger partial charge in [-0.25, -0.2) is 10.4 Å². The Morgan fingerprint density at radius 2 is 2.14 bits per heavy atom. The molecule has 0 atom stereocenters. The number of hydrogen-bond donors (Lipinski definition) is 2. The van der Waals surface area contributed by atoms with Crippen molar-refractivity contribution in [2.24, 2.45) is 5.10 Å². The molecule has 1 aromatic carbocycles. The molecule has 5 nitrogen and oxygen atoms in total. The molecular formula is C15H18N4OS. The minimum Gasteiger partial charge on any atom is -0.375 e. The van der Waals surface area contributed by atoms with Crippen molar-refractivity contribution in [3.05, 3.63) is 46.5 Å². The van der Waals surface area contributed by atoms with E-state index in [0.717, 1.165) is 5.56 Å². The molecule has 1 amide bonds. The third-order valence-electron chi connectivity index (χ3n) is 2.92. The minimum atomic E-state index is -0.213. The summed E-state index contributed by atoms with van der Waals surface area (Å²) in [7, 11) is 0. The number of nitrogens with two attached hydrogens (primary N) is 1. The average molecular weight is 302 g/mol. The Bertz CT molecular complexity index is 631. The van der Waals surface area contributed by atoms with Gasteiger partial charge in [0.1, 0.15) is 0 Å². The van der Waals surface area contributed by atoms with Crippen molar-refractivity contribution < 1.29 is 4.79 Å². The van der Waals surface area contributed by atoms with E-state index in [1.807, 2.05) is 12.1 Å². The number of anilines is 1. The van der Waals surface area contributed by atoms with Gasteiger partial charge in [-0.1, -0.05) is 38.1 Å². The monoisotopic (exact) mass is 302 g/mol. The number of carbonyl (C=O) groups excluding carboxylic acids is 1. The maximum atomic E-state index is 11.7. The highest BCUT2D eigenvalue weighted by Crippen LogP contribution is 2.14. The van der Waals surface area contributed by atoms with Crippen LogP contribution in [0.5, 0.6) is 0 Å². The van der Waals surface area contributed by atoms with E-state index in [2.05, 4.69) is 41.5 Å². The number of rotatable bonds is 5. The van der Waals surface area contributed by atoms with Crippen LogP contribution in [0.25, 0.3) is 0 Å². The largest absolute Gasteiger partial charge is 0.375 e. The first-order valence-electron chi connectivity index (χ1n) is 6.66. The van der Waals surface area contributed by atoms with Crippen molar-refractivity contribution in [3.8, 4) is 0 Å². The van der Waals surface area contributed by atoms with Crippen LogP contribution in [0.2, 0.25) is 0 Å². The first-order valence-corrected chi connectivity index (χ1v) is 7.54. The summed E-state index contributed by atoms with van der Waals surface area (Å²) in [5.74, 6) is 0.289. The van der Waals surface area contributed by atoms with Crippen molar-refractivity contribution in [1.29, 1.82) is 0 Å². The van der Waals surface area contributed by atoms with Crippen molar-refractivity contribution in [2.75, 3.05) is 5.73 Å². The second kappa shape index (κ2) is 6.99. The predicted octanol–water partition coefficient (Wildman–Crippen LogP) is 2.54. The fourth-order valence-corrected chi connectivity index (χ4v) is 2.32. The number of benzene rings is 1. The highest BCUT2D eigenvalue weighted by atomic mass is 32.1. The Morgan fingerprint density at radius 3 is 2.71 bits per heavy atom. The van der Waals surface area contributed by atoms with Crippen molar-refractivity contribution in [1.82, 2.24) is 10.4 Å². The quantitative estimate of drug-likeness (QED) is 0.658. The summed E-state index contributed by atoms with van der Waals surface area (Å²) in [6.45, 7) is 4.29. The number of nitrogen functional groups attached to an aromatic ring is 1. The summed E-state index contributed by atoms with van der Waals surface area (Å²) in [4.78, 5) is 15.7. The normalized spacial score (nSPS) is 11.2. The van der Waals surface area contributed by atoms with Gasteiger partial charge in [0.25, 0.3) is 0 Å². The second-order valence-electron chi connectivity index (χ2n) is 4.97. The van der Waals surface area contributed by atoms with Gasteiger partial charge in [-0.3, -0.25) is 4.79 Å². The third kappa shape index (κ3) is 4.68. The van der Waals surface area contributed by atoms with Crippen LogP contribution in [0.3, 0.4) is 0 Å². The highest BCUT2D eigenvalue weighted by Gasteiger charge is 2.05. The molecule has 0 bridgehead atoms. The molecule has 6 heteroatoms. The number of hydrogen-bond acceptors (Lipinski definition) is 5. The number of hydrazone groups is 1. The Hall–Kier alpha value is -2.21. The number of thiazole rings is 1. The number of amides is 1. The summed E-state index contributed by atoms with van der Waals surface area (Å²) in [5.41, 5.74) is 10.9. The lowest BCUT2D eigenvalue weighted by molar-refractivity contribution is -0.120. The van der Waals surface area contributed by atoms with Gasteiger partial charge in [-0.05, 0) is 17.0 Å². The molecule has 2 rings (SSSR count). The SMILES string of the molecule is CC(C)c1ccc(/C=N\NC(=O)Cc2csc(N)n2)cc1. The minimum absolute atomic E-state index is 0.178. The Balaban J connectivity index is 1.85. The van der Waals surface area contributed by atoms with E-state index in [1.165, 1.54) is 16.9 Å². The van der Waals surface area contributed by atoms with Gasteiger partial charge in [-0.2, -0.15) is 5.10 Å². The van der Waals surface area contributed by atoms with Crippen LogP contribution in [-0.4, -0.2) is 17.1 Å². The molecule has 0 saturated carbocycles. The zero-order valence-electron chi connectivity index (χ0n) is 12.0. The molecular weight excluding hydrogens is 284 g/mol. The maximum absolute atomic E-state index is 11.7. The molecule has 1 aromatic heterocycles. The van der Waals surface area contributed by atoms with Crippen molar-refractivity contribution in [2.45, 2.75) is 26.2 Å². The second-order valence-corrected chi connectivity index (χ2v) is 5.86. The van der Waals surface area contributed by atoms with Gasteiger partial charge in [0.05, 0.1) is 18.3 Å². The van der Waals surface area contributed by atoms with Gasteiger partial charge in [0, 0.05) is 5.38 Å². The van der Waals surface area contributed by atoms with Crippen molar-refractivity contribution in [3.63, 3.8) is 0 Å². The molecule has 0 aliphatic heterocycles. The zero-order chi connectivity index (χ0) is 15.2. The van der Waals surface area contributed by atoms with Crippen LogP contribution in [0, 0.1) is 0 Å². The average Bonchev–Trinajstić information content (AvgIpc) is 2.84. The van der Waals surface area contributed by atoms with Gasteiger partial charge in [-0.15, -0.1) is 11.3 Å². The van der Waals surface area contributed by atoms with Crippen LogP contribution in [0.4, 0.5) is 5.13 Å². The maximum Gasteiger partial charge on any atom is 0.246 e. The predicted molar refractivity (Wildman–Crippen MR) is 86.5 cm³/mol. The Morgan fingerprint density at radius 1 is 1.43 bits per heavy atom. The van der Waals surface area contributed by atoms with E-state index in [-0.39, 0.29) is 12.3 Å². The molecule has 0 unspecified atom stereocenters.